The maximum absolute atomic E-state index is 11.6. The van der Waals surface area contributed by atoms with Gasteiger partial charge in [0.25, 0.3) is 0 Å². The van der Waals surface area contributed by atoms with Gasteiger partial charge in [0.1, 0.15) is 0 Å². The summed E-state index contributed by atoms with van der Waals surface area (Å²) < 4.78 is 0. The van der Waals surface area contributed by atoms with E-state index in [9.17, 15) is 4.79 Å². The molecule has 2 atom stereocenters. The van der Waals surface area contributed by atoms with E-state index in [0.29, 0.717) is 6.54 Å². The van der Waals surface area contributed by atoms with Crippen molar-refractivity contribution in [1.82, 2.24) is 5.32 Å². The molecule has 0 rings (SSSR count). The second-order valence-corrected chi connectivity index (χ2v) is 4.52. The van der Waals surface area contributed by atoms with Crippen molar-refractivity contribution in [1.29, 1.82) is 0 Å². The first-order valence-electron chi connectivity index (χ1n) is 5.53. The number of halogens is 1. The van der Waals surface area contributed by atoms with Crippen molar-refractivity contribution in [2.24, 2.45) is 5.92 Å². The number of unbranched alkanes of at least 4 members (excludes halogenated alkanes) is 1. The molecule has 3 heteroatoms. The molecule has 0 spiro atoms. The third-order valence-electron chi connectivity index (χ3n) is 2.33. The summed E-state index contributed by atoms with van der Waals surface area (Å²) in [6.45, 7) is 6.66. The SMILES string of the molecule is CCCCC(CC)C(=O)NCC(C)Cl. The Balaban J connectivity index is 3.79. The molecule has 0 aromatic rings. The van der Waals surface area contributed by atoms with E-state index in [1.165, 1.54) is 0 Å². The van der Waals surface area contributed by atoms with Crippen LogP contribution in [0, 0.1) is 5.92 Å². The number of rotatable bonds is 7. The van der Waals surface area contributed by atoms with Gasteiger partial charge in [0.05, 0.1) is 0 Å². The van der Waals surface area contributed by atoms with Crippen molar-refractivity contribution in [3.05, 3.63) is 0 Å². The molecule has 0 saturated heterocycles. The molecule has 0 radical (unpaired) electrons. The predicted molar refractivity (Wildman–Crippen MR) is 61.6 cm³/mol. The van der Waals surface area contributed by atoms with Crippen LogP contribution in [0.4, 0.5) is 0 Å². The zero-order valence-electron chi connectivity index (χ0n) is 9.48. The monoisotopic (exact) mass is 219 g/mol. The van der Waals surface area contributed by atoms with Gasteiger partial charge in [-0.15, -0.1) is 11.6 Å². The van der Waals surface area contributed by atoms with Crippen LogP contribution in [-0.2, 0) is 4.79 Å². The molecule has 0 saturated carbocycles. The first-order valence-corrected chi connectivity index (χ1v) is 5.97. The Hall–Kier alpha value is -0.240. The Bertz CT molecular complexity index is 159. The zero-order chi connectivity index (χ0) is 11.0. The van der Waals surface area contributed by atoms with E-state index in [1.54, 1.807) is 0 Å². The van der Waals surface area contributed by atoms with Gasteiger partial charge in [-0.3, -0.25) is 4.79 Å². The molecule has 1 amide bonds. The Morgan fingerprint density at radius 1 is 1.43 bits per heavy atom. The maximum Gasteiger partial charge on any atom is 0.223 e. The minimum absolute atomic E-state index is 0.0163. The summed E-state index contributed by atoms with van der Waals surface area (Å²) in [7, 11) is 0. The summed E-state index contributed by atoms with van der Waals surface area (Å²) in [6.07, 6.45) is 4.19. The van der Waals surface area contributed by atoms with Gasteiger partial charge in [-0.1, -0.05) is 26.7 Å². The maximum atomic E-state index is 11.6. The topological polar surface area (TPSA) is 29.1 Å². The molecular formula is C11H22ClNO. The highest BCUT2D eigenvalue weighted by atomic mass is 35.5. The number of amides is 1. The largest absolute Gasteiger partial charge is 0.354 e. The van der Waals surface area contributed by atoms with Crippen LogP contribution >= 0.6 is 11.6 Å². The minimum atomic E-state index is 0.0163. The second kappa shape index (κ2) is 8.10. The van der Waals surface area contributed by atoms with Gasteiger partial charge in [0.15, 0.2) is 0 Å². The fourth-order valence-corrected chi connectivity index (χ4v) is 1.43. The molecule has 0 aromatic heterocycles. The van der Waals surface area contributed by atoms with E-state index in [4.69, 9.17) is 11.6 Å². The van der Waals surface area contributed by atoms with E-state index in [0.717, 1.165) is 25.7 Å². The van der Waals surface area contributed by atoms with Gasteiger partial charge < -0.3 is 5.32 Å². The minimum Gasteiger partial charge on any atom is -0.354 e. The zero-order valence-corrected chi connectivity index (χ0v) is 10.2. The molecule has 0 bridgehead atoms. The Morgan fingerprint density at radius 3 is 2.50 bits per heavy atom. The van der Waals surface area contributed by atoms with Crippen LogP contribution in [0.15, 0.2) is 0 Å². The second-order valence-electron chi connectivity index (χ2n) is 3.77. The molecule has 0 aromatic carbocycles. The van der Waals surface area contributed by atoms with Gasteiger partial charge in [0.2, 0.25) is 5.91 Å². The number of hydrogen-bond donors (Lipinski definition) is 1. The average Bonchev–Trinajstić information content (AvgIpc) is 2.16. The quantitative estimate of drug-likeness (QED) is 0.656. The molecule has 0 aliphatic rings. The summed E-state index contributed by atoms with van der Waals surface area (Å²) in [6, 6.07) is 0. The number of carbonyl (C=O) groups excluding carboxylic acids is 1. The lowest BCUT2D eigenvalue weighted by molar-refractivity contribution is -0.125. The molecular weight excluding hydrogens is 198 g/mol. The first-order chi connectivity index (χ1) is 6.61. The number of carbonyl (C=O) groups is 1. The van der Waals surface area contributed by atoms with Crippen LogP contribution in [0.1, 0.15) is 46.5 Å². The molecule has 14 heavy (non-hydrogen) atoms. The predicted octanol–water partition coefficient (Wildman–Crippen LogP) is 2.95. The lowest BCUT2D eigenvalue weighted by Crippen LogP contribution is -2.33. The smallest absolute Gasteiger partial charge is 0.223 e. The molecule has 0 heterocycles. The van der Waals surface area contributed by atoms with Crippen LogP contribution in [0.5, 0.6) is 0 Å². The van der Waals surface area contributed by atoms with Crippen molar-refractivity contribution >= 4 is 17.5 Å². The summed E-state index contributed by atoms with van der Waals surface area (Å²) >= 11 is 5.76. The molecule has 0 aliphatic carbocycles. The fraction of sp³-hybridized carbons (Fsp3) is 0.909. The standard InChI is InChI=1S/C11H22ClNO/c1-4-6-7-10(5-2)11(14)13-8-9(3)12/h9-10H,4-8H2,1-3H3,(H,13,14). The van der Waals surface area contributed by atoms with Gasteiger partial charge in [-0.2, -0.15) is 0 Å². The van der Waals surface area contributed by atoms with Gasteiger partial charge in [-0.05, 0) is 19.8 Å². The van der Waals surface area contributed by atoms with Gasteiger partial charge in [0, 0.05) is 17.8 Å². The first kappa shape index (κ1) is 13.8. The van der Waals surface area contributed by atoms with Crippen LogP contribution in [0.2, 0.25) is 0 Å². The van der Waals surface area contributed by atoms with Crippen molar-refractivity contribution in [3.63, 3.8) is 0 Å². The van der Waals surface area contributed by atoms with Crippen LogP contribution in [0.25, 0.3) is 0 Å². The highest BCUT2D eigenvalue weighted by Crippen LogP contribution is 2.12. The molecule has 2 nitrogen and oxygen atoms in total. The third kappa shape index (κ3) is 6.25. The Morgan fingerprint density at radius 2 is 2.07 bits per heavy atom. The molecule has 84 valence electrons. The lowest BCUT2D eigenvalue weighted by atomic mass is 9.98. The lowest BCUT2D eigenvalue weighted by Gasteiger charge is -2.14. The number of nitrogens with one attached hydrogen (secondary N) is 1. The number of alkyl halides is 1. The fourth-order valence-electron chi connectivity index (χ4n) is 1.36. The molecule has 1 N–H and O–H groups in total. The molecule has 0 aliphatic heterocycles. The summed E-state index contributed by atoms with van der Waals surface area (Å²) in [5, 5.41) is 2.89. The van der Waals surface area contributed by atoms with Crippen LogP contribution in [-0.4, -0.2) is 17.8 Å². The van der Waals surface area contributed by atoms with E-state index in [-0.39, 0.29) is 17.2 Å². The molecule has 0 fully saturated rings. The van der Waals surface area contributed by atoms with E-state index < -0.39 is 0 Å². The summed E-state index contributed by atoms with van der Waals surface area (Å²) in [5.74, 6) is 0.332. The summed E-state index contributed by atoms with van der Waals surface area (Å²) in [4.78, 5) is 11.6. The van der Waals surface area contributed by atoms with Crippen LogP contribution < -0.4 is 5.32 Å². The number of hydrogen-bond acceptors (Lipinski definition) is 1. The highest BCUT2D eigenvalue weighted by Gasteiger charge is 2.15. The average molecular weight is 220 g/mol. The van der Waals surface area contributed by atoms with Crippen molar-refractivity contribution in [3.8, 4) is 0 Å². The Kier molecular flexibility index (Phi) is 7.96. The van der Waals surface area contributed by atoms with Gasteiger partial charge >= 0.3 is 0 Å². The van der Waals surface area contributed by atoms with Crippen molar-refractivity contribution in [2.45, 2.75) is 51.8 Å². The normalized spacial score (nSPS) is 14.9. The third-order valence-corrected chi connectivity index (χ3v) is 2.48. The Labute approximate surface area is 92.4 Å². The van der Waals surface area contributed by atoms with E-state index in [1.807, 2.05) is 6.92 Å². The van der Waals surface area contributed by atoms with Crippen molar-refractivity contribution in [2.75, 3.05) is 6.54 Å². The highest BCUT2D eigenvalue weighted by molar-refractivity contribution is 6.20. The van der Waals surface area contributed by atoms with E-state index in [2.05, 4.69) is 19.2 Å². The van der Waals surface area contributed by atoms with Crippen molar-refractivity contribution < 1.29 is 4.79 Å². The molecule has 2 unspecified atom stereocenters. The van der Waals surface area contributed by atoms with Crippen LogP contribution in [0.3, 0.4) is 0 Å². The van der Waals surface area contributed by atoms with Gasteiger partial charge in [-0.25, -0.2) is 0 Å². The van der Waals surface area contributed by atoms with E-state index >= 15 is 0 Å². The summed E-state index contributed by atoms with van der Waals surface area (Å²) in [5.41, 5.74) is 0.